The highest BCUT2D eigenvalue weighted by Crippen LogP contribution is 2.19. The first kappa shape index (κ1) is 11.6. The Morgan fingerprint density at radius 3 is 2.75 bits per heavy atom. The first-order valence-corrected chi connectivity index (χ1v) is 6.27. The van der Waals surface area contributed by atoms with Gasteiger partial charge in [-0.15, -0.1) is 0 Å². The molecule has 1 aromatic carbocycles. The van der Waals surface area contributed by atoms with Crippen LogP contribution in [-0.2, 0) is 0 Å². The van der Waals surface area contributed by atoms with Crippen LogP contribution in [0, 0.1) is 0 Å². The second-order valence-electron chi connectivity index (χ2n) is 4.14. The lowest BCUT2D eigenvalue weighted by Gasteiger charge is -2.14. The summed E-state index contributed by atoms with van der Waals surface area (Å²) in [6, 6.07) is 5.41. The number of nitrogens with zero attached hydrogens (tertiary/aromatic N) is 1. The van der Waals surface area contributed by atoms with Gasteiger partial charge in [-0.05, 0) is 44.1 Å². The van der Waals surface area contributed by atoms with E-state index in [9.17, 15) is 4.79 Å². The molecule has 1 aromatic rings. The Morgan fingerprint density at radius 1 is 1.38 bits per heavy atom. The molecular formula is C12H15BrN2O. The third kappa shape index (κ3) is 2.62. The lowest BCUT2D eigenvalue weighted by Crippen LogP contribution is -2.27. The molecule has 0 unspecified atom stereocenters. The van der Waals surface area contributed by atoms with Gasteiger partial charge in [-0.25, -0.2) is 0 Å². The molecule has 0 amide bonds. The Bertz CT molecular complexity index is 400. The number of carbonyl (C=O) groups excluding carboxylic acids is 1. The number of halogens is 1. The maximum atomic E-state index is 12.0. The van der Waals surface area contributed by atoms with Crippen LogP contribution in [0.3, 0.4) is 0 Å². The predicted molar refractivity (Wildman–Crippen MR) is 68.6 cm³/mol. The number of likely N-dealkylation sites (tertiary alicyclic amines) is 1. The van der Waals surface area contributed by atoms with E-state index in [-0.39, 0.29) is 5.78 Å². The number of benzene rings is 1. The van der Waals surface area contributed by atoms with E-state index >= 15 is 0 Å². The van der Waals surface area contributed by atoms with Crippen molar-refractivity contribution in [1.29, 1.82) is 0 Å². The molecule has 1 heterocycles. The molecule has 1 aliphatic rings. The fraction of sp³-hybridized carbons (Fsp3) is 0.417. The van der Waals surface area contributed by atoms with Gasteiger partial charge in [0.05, 0.1) is 6.54 Å². The van der Waals surface area contributed by atoms with Gasteiger partial charge >= 0.3 is 0 Å². The number of nitrogen functional groups attached to an aromatic ring is 1. The van der Waals surface area contributed by atoms with Crippen molar-refractivity contribution in [2.75, 3.05) is 25.4 Å². The highest BCUT2D eigenvalue weighted by molar-refractivity contribution is 9.10. The Kier molecular flexibility index (Phi) is 3.61. The molecule has 0 saturated carbocycles. The minimum absolute atomic E-state index is 0.112. The topological polar surface area (TPSA) is 46.3 Å². The van der Waals surface area contributed by atoms with Crippen LogP contribution in [0.25, 0.3) is 0 Å². The van der Waals surface area contributed by atoms with Crippen molar-refractivity contribution in [3.63, 3.8) is 0 Å². The molecule has 1 fully saturated rings. The molecule has 0 aromatic heterocycles. The maximum Gasteiger partial charge on any atom is 0.178 e. The largest absolute Gasteiger partial charge is 0.398 e. The Labute approximate surface area is 104 Å². The fourth-order valence-electron chi connectivity index (χ4n) is 2.00. The van der Waals surface area contributed by atoms with E-state index in [0.717, 1.165) is 17.6 Å². The molecule has 0 spiro atoms. The molecule has 2 rings (SSSR count). The smallest absolute Gasteiger partial charge is 0.178 e. The van der Waals surface area contributed by atoms with Crippen LogP contribution in [0.1, 0.15) is 23.2 Å². The number of hydrogen-bond donors (Lipinski definition) is 1. The summed E-state index contributed by atoms with van der Waals surface area (Å²) >= 11 is 3.36. The SMILES string of the molecule is Nc1ccc(Br)cc1C(=O)CN1CCCC1. The summed E-state index contributed by atoms with van der Waals surface area (Å²) in [6.45, 7) is 2.54. The maximum absolute atomic E-state index is 12.0. The number of hydrogen-bond acceptors (Lipinski definition) is 3. The molecule has 4 heteroatoms. The summed E-state index contributed by atoms with van der Waals surface area (Å²) in [6.07, 6.45) is 2.39. The normalized spacial score (nSPS) is 16.6. The molecular weight excluding hydrogens is 268 g/mol. The monoisotopic (exact) mass is 282 g/mol. The Hall–Kier alpha value is -0.870. The standard InChI is InChI=1S/C12H15BrN2O/c13-9-3-4-11(14)10(7-9)12(16)8-15-5-1-2-6-15/h3-4,7H,1-2,5-6,8,14H2. The van der Waals surface area contributed by atoms with Gasteiger partial charge in [0.25, 0.3) is 0 Å². The van der Waals surface area contributed by atoms with Crippen molar-refractivity contribution in [2.24, 2.45) is 0 Å². The molecule has 3 nitrogen and oxygen atoms in total. The lowest BCUT2D eigenvalue weighted by molar-refractivity contribution is 0.0946. The van der Waals surface area contributed by atoms with E-state index < -0.39 is 0 Å². The summed E-state index contributed by atoms with van der Waals surface area (Å²) in [5, 5.41) is 0. The molecule has 0 aliphatic carbocycles. The minimum atomic E-state index is 0.112. The predicted octanol–water partition coefficient (Wildman–Crippen LogP) is 2.31. The van der Waals surface area contributed by atoms with E-state index in [0.29, 0.717) is 17.8 Å². The van der Waals surface area contributed by atoms with Crippen LogP contribution in [0.5, 0.6) is 0 Å². The summed E-state index contributed by atoms with van der Waals surface area (Å²) < 4.78 is 0.895. The summed E-state index contributed by atoms with van der Waals surface area (Å²) in [5.74, 6) is 0.112. The third-order valence-electron chi connectivity index (χ3n) is 2.88. The van der Waals surface area contributed by atoms with Crippen LogP contribution in [0.15, 0.2) is 22.7 Å². The van der Waals surface area contributed by atoms with Gasteiger partial charge < -0.3 is 5.73 Å². The zero-order valence-corrected chi connectivity index (χ0v) is 10.7. The van der Waals surface area contributed by atoms with Crippen molar-refractivity contribution in [3.05, 3.63) is 28.2 Å². The van der Waals surface area contributed by atoms with Crippen LogP contribution in [0.2, 0.25) is 0 Å². The summed E-state index contributed by atoms with van der Waals surface area (Å²) in [7, 11) is 0. The highest BCUT2D eigenvalue weighted by atomic mass is 79.9. The Balaban J connectivity index is 2.10. The zero-order chi connectivity index (χ0) is 11.5. The van der Waals surface area contributed by atoms with Gasteiger partial charge in [-0.1, -0.05) is 15.9 Å². The number of nitrogens with two attached hydrogens (primary N) is 1. The van der Waals surface area contributed by atoms with Crippen LogP contribution in [-0.4, -0.2) is 30.3 Å². The van der Waals surface area contributed by atoms with Gasteiger partial charge in [-0.3, -0.25) is 9.69 Å². The van der Waals surface area contributed by atoms with Gasteiger partial charge in [0.1, 0.15) is 0 Å². The minimum Gasteiger partial charge on any atom is -0.398 e. The van der Waals surface area contributed by atoms with Crippen LogP contribution in [0.4, 0.5) is 5.69 Å². The second-order valence-corrected chi connectivity index (χ2v) is 5.05. The van der Waals surface area contributed by atoms with E-state index in [4.69, 9.17) is 5.73 Å². The van der Waals surface area contributed by atoms with E-state index in [2.05, 4.69) is 20.8 Å². The molecule has 2 N–H and O–H groups in total. The number of carbonyl (C=O) groups is 1. The molecule has 16 heavy (non-hydrogen) atoms. The van der Waals surface area contributed by atoms with Gasteiger partial charge in [0, 0.05) is 15.7 Å². The van der Waals surface area contributed by atoms with Crippen LogP contribution >= 0.6 is 15.9 Å². The molecule has 1 saturated heterocycles. The number of ketones is 1. The quantitative estimate of drug-likeness (QED) is 0.684. The number of anilines is 1. The summed E-state index contributed by atoms with van der Waals surface area (Å²) in [4.78, 5) is 14.2. The summed E-state index contributed by atoms with van der Waals surface area (Å²) in [5.41, 5.74) is 6.99. The number of rotatable bonds is 3. The van der Waals surface area contributed by atoms with Gasteiger partial charge in [0.15, 0.2) is 5.78 Å². The average Bonchev–Trinajstić information content (AvgIpc) is 2.74. The molecule has 0 atom stereocenters. The van der Waals surface area contributed by atoms with Crippen LogP contribution < -0.4 is 5.73 Å². The van der Waals surface area contributed by atoms with E-state index in [1.165, 1.54) is 12.8 Å². The third-order valence-corrected chi connectivity index (χ3v) is 3.37. The first-order valence-electron chi connectivity index (χ1n) is 5.47. The Morgan fingerprint density at radius 2 is 2.06 bits per heavy atom. The van der Waals surface area contributed by atoms with Gasteiger partial charge in [-0.2, -0.15) is 0 Å². The van der Waals surface area contributed by atoms with E-state index in [1.54, 1.807) is 12.1 Å². The molecule has 0 radical (unpaired) electrons. The lowest BCUT2D eigenvalue weighted by atomic mass is 10.1. The van der Waals surface area contributed by atoms with Gasteiger partial charge in [0.2, 0.25) is 0 Å². The van der Waals surface area contributed by atoms with Crippen molar-refractivity contribution >= 4 is 27.4 Å². The van der Waals surface area contributed by atoms with Crippen molar-refractivity contribution in [3.8, 4) is 0 Å². The van der Waals surface area contributed by atoms with Crippen molar-refractivity contribution < 1.29 is 4.79 Å². The van der Waals surface area contributed by atoms with Crippen molar-refractivity contribution in [2.45, 2.75) is 12.8 Å². The fourth-order valence-corrected chi connectivity index (χ4v) is 2.36. The number of Topliss-reactive ketones (excluding diaryl/α,β-unsaturated/α-hetero) is 1. The van der Waals surface area contributed by atoms with E-state index in [1.807, 2.05) is 6.07 Å². The second kappa shape index (κ2) is 4.97. The molecule has 1 aliphatic heterocycles. The molecule has 0 bridgehead atoms. The average molecular weight is 283 g/mol. The zero-order valence-electron chi connectivity index (χ0n) is 9.08. The van der Waals surface area contributed by atoms with Crippen molar-refractivity contribution in [1.82, 2.24) is 4.90 Å². The first-order chi connectivity index (χ1) is 7.66. The highest BCUT2D eigenvalue weighted by Gasteiger charge is 2.17. The molecule has 86 valence electrons.